The maximum atomic E-state index is 11.9. The molecule has 0 saturated heterocycles. The predicted octanol–water partition coefficient (Wildman–Crippen LogP) is 2.72. The largest absolute Gasteiger partial charge is 0.390 e. The van der Waals surface area contributed by atoms with Gasteiger partial charge in [-0.2, -0.15) is 13.2 Å². The van der Waals surface area contributed by atoms with Gasteiger partial charge in [-0.3, -0.25) is 0 Å². The summed E-state index contributed by atoms with van der Waals surface area (Å²) < 4.78 is 35.7. The van der Waals surface area contributed by atoms with Crippen LogP contribution in [0, 0.1) is 11.8 Å². The van der Waals surface area contributed by atoms with Gasteiger partial charge in [-0.1, -0.05) is 0 Å². The van der Waals surface area contributed by atoms with Crippen LogP contribution in [-0.2, 0) is 0 Å². The second-order valence-corrected chi connectivity index (χ2v) is 4.52. The molecule has 0 bridgehead atoms. The Labute approximate surface area is 82.1 Å². The van der Waals surface area contributed by atoms with E-state index in [2.05, 4.69) is 5.32 Å². The van der Waals surface area contributed by atoms with Gasteiger partial charge in [-0.05, 0) is 37.5 Å². The van der Waals surface area contributed by atoms with Gasteiger partial charge in [-0.25, -0.2) is 0 Å². The van der Waals surface area contributed by atoms with E-state index in [1.54, 1.807) is 0 Å². The van der Waals surface area contributed by atoms with Crippen molar-refractivity contribution < 1.29 is 13.2 Å². The van der Waals surface area contributed by atoms with E-state index in [-0.39, 0.29) is 6.54 Å². The lowest BCUT2D eigenvalue weighted by Gasteiger charge is -2.18. The minimum Gasteiger partial charge on any atom is -0.313 e. The molecule has 2 aliphatic rings. The quantitative estimate of drug-likeness (QED) is 0.731. The first kappa shape index (κ1) is 10.3. The van der Waals surface area contributed by atoms with Gasteiger partial charge in [0.25, 0.3) is 0 Å². The molecule has 0 heterocycles. The molecule has 0 aromatic carbocycles. The molecule has 1 nitrogen and oxygen atoms in total. The summed E-state index contributed by atoms with van der Waals surface area (Å²) in [5, 5.41) is 3.08. The zero-order chi connectivity index (χ0) is 10.2. The summed E-state index contributed by atoms with van der Waals surface area (Å²) in [5.41, 5.74) is 0. The Morgan fingerprint density at radius 3 is 1.93 bits per heavy atom. The Bertz CT molecular complexity index is 182. The normalized spacial score (nSPS) is 23.1. The Morgan fingerprint density at radius 1 is 1.07 bits per heavy atom. The Balaban J connectivity index is 1.67. The van der Waals surface area contributed by atoms with Gasteiger partial charge >= 0.3 is 6.18 Å². The third-order valence-electron chi connectivity index (χ3n) is 3.05. The van der Waals surface area contributed by atoms with Crippen molar-refractivity contribution in [1.82, 2.24) is 5.32 Å². The molecule has 2 fully saturated rings. The van der Waals surface area contributed by atoms with Gasteiger partial charge < -0.3 is 5.32 Å². The van der Waals surface area contributed by atoms with Crippen LogP contribution in [0.25, 0.3) is 0 Å². The first-order valence-electron chi connectivity index (χ1n) is 5.36. The van der Waals surface area contributed by atoms with E-state index in [1.165, 1.54) is 25.7 Å². The lowest BCUT2D eigenvalue weighted by Crippen LogP contribution is -2.35. The molecule has 82 valence electrons. The Kier molecular flexibility index (Phi) is 2.73. The van der Waals surface area contributed by atoms with Crippen LogP contribution >= 0.6 is 0 Å². The molecule has 1 N–H and O–H groups in total. The molecule has 2 saturated carbocycles. The second-order valence-electron chi connectivity index (χ2n) is 4.52. The van der Waals surface area contributed by atoms with Gasteiger partial charge in [-0.15, -0.1) is 0 Å². The number of hydrogen-bond donors (Lipinski definition) is 1. The molecule has 0 unspecified atom stereocenters. The van der Waals surface area contributed by atoms with Crippen molar-refractivity contribution in [3.05, 3.63) is 0 Å². The van der Waals surface area contributed by atoms with E-state index in [0.717, 1.165) is 0 Å². The summed E-state index contributed by atoms with van der Waals surface area (Å²) in [5.74, 6) is 1.35. The lowest BCUT2D eigenvalue weighted by molar-refractivity contribution is -0.133. The minimum atomic E-state index is -4.01. The van der Waals surface area contributed by atoms with Gasteiger partial charge in [0.15, 0.2) is 0 Å². The first-order valence-corrected chi connectivity index (χ1v) is 5.36. The number of nitrogens with one attached hydrogen (secondary N) is 1. The topological polar surface area (TPSA) is 12.0 Å². The van der Waals surface area contributed by atoms with Crippen molar-refractivity contribution in [3.63, 3.8) is 0 Å². The molecular weight excluding hydrogens is 191 g/mol. The molecule has 14 heavy (non-hydrogen) atoms. The van der Waals surface area contributed by atoms with E-state index in [0.29, 0.717) is 17.9 Å². The summed E-state index contributed by atoms with van der Waals surface area (Å²) >= 11 is 0. The van der Waals surface area contributed by atoms with Crippen LogP contribution < -0.4 is 5.32 Å². The zero-order valence-corrected chi connectivity index (χ0v) is 8.11. The van der Waals surface area contributed by atoms with Crippen LogP contribution in [-0.4, -0.2) is 18.8 Å². The molecule has 0 radical (unpaired) electrons. The van der Waals surface area contributed by atoms with Crippen molar-refractivity contribution in [2.24, 2.45) is 11.8 Å². The number of hydrogen-bond acceptors (Lipinski definition) is 1. The van der Waals surface area contributed by atoms with Crippen LogP contribution in [0.15, 0.2) is 0 Å². The Morgan fingerprint density at radius 2 is 1.57 bits per heavy atom. The lowest BCUT2D eigenvalue weighted by atomic mass is 10.1. The van der Waals surface area contributed by atoms with E-state index < -0.39 is 12.6 Å². The molecule has 0 aromatic rings. The van der Waals surface area contributed by atoms with Gasteiger partial charge in [0.1, 0.15) is 0 Å². The predicted molar refractivity (Wildman–Crippen MR) is 47.9 cm³/mol. The molecular formula is C10H16F3N. The summed E-state index contributed by atoms with van der Waals surface area (Å²) in [6, 6.07) is 0.386. The average molecular weight is 207 g/mol. The van der Waals surface area contributed by atoms with Crippen LogP contribution in [0.5, 0.6) is 0 Å². The molecule has 0 spiro atoms. The average Bonchev–Trinajstić information content (AvgIpc) is 2.89. The maximum absolute atomic E-state index is 11.9. The highest BCUT2D eigenvalue weighted by Gasteiger charge is 2.41. The van der Waals surface area contributed by atoms with Crippen molar-refractivity contribution >= 4 is 0 Å². The number of alkyl halides is 3. The highest BCUT2D eigenvalue weighted by atomic mass is 19.4. The first-order chi connectivity index (χ1) is 6.56. The SMILES string of the molecule is FC(F)(F)CCNC(C1CC1)C1CC1. The standard InChI is InChI=1S/C10H16F3N/c11-10(12,13)5-6-14-9(7-1-2-7)8-3-4-8/h7-9,14H,1-6H2. The van der Waals surface area contributed by atoms with E-state index >= 15 is 0 Å². The molecule has 4 heteroatoms. The van der Waals surface area contributed by atoms with E-state index in [9.17, 15) is 13.2 Å². The monoisotopic (exact) mass is 207 g/mol. The minimum absolute atomic E-state index is 0.0984. The van der Waals surface area contributed by atoms with Crippen LogP contribution in [0.4, 0.5) is 13.2 Å². The molecule has 0 amide bonds. The van der Waals surface area contributed by atoms with Gasteiger partial charge in [0, 0.05) is 12.6 Å². The van der Waals surface area contributed by atoms with E-state index in [1.807, 2.05) is 0 Å². The van der Waals surface area contributed by atoms with Gasteiger partial charge in [0.2, 0.25) is 0 Å². The van der Waals surface area contributed by atoms with Crippen molar-refractivity contribution in [3.8, 4) is 0 Å². The van der Waals surface area contributed by atoms with Crippen LogP contribution in [0.1, 0.15) is 32.1 Å². The summed E-state index contributed by atoms with van der Waals surface area (Å²) in [6.07, 6.45) is 0.133. The zero-order valence-electron chi connectivity index (χ0n) is 8.11. The summed E-state index contributed by atoms with van der Waals surface area (Å²) in [4.78, 5) is 0. The summed E-state index contributed by atoms with van der Waals surface area (Å²) in [7, 11) is 0. The van der Waals surface area contributed by atoms with Crippen molar-refractivity contribution in [1.29, 1.82) is 0 Å². The highest BCUT2D eigenvalue weighted by molar-refractivity contribution is 4.96. The molecule has 2 aliphatic carbocycles. The molecule has 0 aliphatic heterocycles. The Hall–Kier alpha value is -0.250. The fourth-order valence-electron chi connectivity index (χ4n) is 2.01. The van der Waals surface area contributed by atoms with E-state index in [4.69, 9.17) is 0 Å². The second kappa shape index (κ2) is 3.72. The maximum Gasteiger partial charge on any atom is 0.390 e. The fourth-order valence-corrected chi connectivity index (χ4v) is 2.01. The van der Waals surface area contributed by atoms with Crippen LogP contribution in [0.3, 0.4) is 0 Å². The highest BCUT2D eigenvalue weighted by Crippen LogP contribution is 2.44. The third-order valence-corrected chi connectivity index (χ3v) is 3.05. The smallest absolute Gasteiger partial charge is 0.313 e. The molecule has 0 aromatic heterocycles. The van der Waals surface area contributed by atoms with Crippen molar-refractivity contribution in [2.45, 2.75) is 44.3 Å². The fraction of sp³-hybridized carbons (Fsp3) is 1.00. The number of halogens is 3. The van der Waals surface area contributed by atoms with Gasteiger partial charge in [0.05, 0.1) is 6.42 Å². The molecule has 0 atom stereocenters. The molecule has 2 rings (SSSR count). The van der Waals surface area contributed by atoms with Crippen molar-refractivity contribution in [2.75, 3.05) is 6.54 Å². The third kappa shape index (κ3) is 3.15. The van der Waals surface area contributed by atoms with Crippen LogP contribution in [0.2, 0.25) is 0 Å². The number of rotatable bonds is 5. The summed E-state index contributed by atoms with van der Waals surface area (Å²) in [6.45, 7) is 0.0984.